The monoisotopic (exact) mass is 298 g/mol. The zero-order chi connectivity index (χ0) is 15.0. The third kappa shape index (κ3) is 2.67. The Labute approximate surface area is 128 Å². The van der Waals surface area contributed by atoms with E-state index in [1.807, 2.05) is 61.7 Å². The first-order chi connectivity index (χ1) is 10.0. The molecule has 2 aromatic heterocycles. The molecule has 21 heavy (non-hydrogen) atoms. The molecule has 0 spiro atoms. The van der Waals surface area contributed by atoms with Crippen molar-refractivity contribution in [3.05, 3.63) is 58.4 Å². The Balaban J connectivity index is 2.02. The van der Waals surface area contributed by atoms with Crippen molar-refractivity contribution in [1.29, 1.82) is 0 Å². The van der Waals surface area contributed by atoms with Crippen LogP contribution in [0, 0.1) is 20.8 Å². The molecule has 0 bridgehead atoms. The summed E-state index contributed by atoms with van der Waals surface area (Å²) in [5.74, 6) is 0.738. The molecule has 0 saturated carbocycles. The zero-order valence-electron chi connectivity index (χ0n) is 12.1. The lowest BCUT2D eigenvalue weighted by atomic mass is 10.2. The molecule has 2 heterocycles. The number of aryl methyl sites for hydroxylation is 3. The lowest BCUT2D eigenvalue weighted by molar-refractivity contribution is 1.09. The van der Waals surface area contributed by atoms with Crippen LogP contribution in [0.2, 0.25) is 5.02 Å². The topological polar surface area (TPSA) is 42.0 Å². The number of benzene rings is 1. The van der Waals surface area contributed by atoms with Crippen LogP contribution in [-0.4, -0.2) is 9.38 Å². The van der Waals surface area contributed by atoms with E-state index in [2.05, 4.69) is 15.2 Å². The van der Waals surface area contributed by atoms with E-state index in [-0.39, 0.29) is 0 Å². The van der Waals surface area contributed by atoms with Gasteiger partial charge in [-0.25, -0.2) is 4.98 Å². The van der Waals surface area contributed by atoms with Crippen LogP contribution in [0.3, 0.4) is 0 Å². The standard InChI is InChI=1S/C16H15ClN4/c1-10-6-7-21-15(8-10)18-12(3)16(21)20-19-13-5-4-11(2)14(17)9-13/h4-9H,1-3H3. The fraction of sp³-hybridized carbons (Fsp3) is 0.188. The molecule has 0 radical (unpaired) electrons. The molecule has 3 rings (SSSR count). The number of pyridine rings is 1. The van der Waals surface area contributed by atoms with Gasteiger partial charge in [-0.1, -0.05) is 17.7 Å². The van der Waals surface area contributed by atoms with Gasteiger partial charge in [-0.3, -0.25) is 4.40 Å². The van der Waals surface area contributed by atoms with Gasteiger partial charge in [-0.15, -0.1) is 10.2 Å². The number of hydrogen-bond donors (Lipinski definition) is 0. The molecule has 0 atom stereocenters. The van der Waals surface area contributed by atoms with E-state index in [4.69, 9.17) is 11.6 Å². The largest absolute Gasteiger partial charge is 0.283 e. The Bertz CT molecular complexity index is 849. The van der Waals surface area contributed by atoms with Crippen LogP contribution in [0.1, 0.15) is 16.8 Å². The van der Waals surface area contributed by atoms with Gasteiger partial charge in [-0.2, -0.15) is 0 Å². The molecule has 0 aliphatic rings. The van der Waals surface area contributed by atoms with Gasteiger partial charge < -0.3 is 0 Å². The summed E-state index contributed by atoms with van der Waals surface area (Å²) < 4.78 is 1.93. The Morgan fingerprint density at radius 2 is 1.86 bits per heavy atom. The maximum absolute atomic E-state index is 6.10. The number of halogens is 1. The van der Waals surface area contributed by atoms with Crippen LogP contribution >= 0.6 is 11.6 Å². The number of hydrogen-bond acceptors (Lipinski definition) is 3. The molecule has 106 valence electrons. The van der Waals surface area contributed by atoms with Gasteiger partial charge in [0, 0.05) is 11.2 Å². The van der Waals surface area contributed by atoms with Crippen molar-refractivity contribution in [2.75, 3.05) is 0 Å². The van der Waals surface area contributed by atoms with Crippen LogP contribution in [0.5, 0.6) is 0 Å². The summed E-state index contributed by atoms with van der Waals surface area (Å²) in [4.78, 5) is 4.50. The molecule has 0 aliphatic heterocycles. The summed E-state index contributed by atoms with van der Waals surface area (Å²) in [5, 5.41) is 9.29. The number of rotatable bonds is 2. The molecule has 0 unspecified atom stereocenters. The molecule has 0 N–H and O–H groups in total. The Morgan fingerprint density at radius 1 is 1.05 bits per heavy atom. The Hall–Kier alpha value is -2.20. The normalized spacial score (nSPS) is 11.6. The molecule has 3 aromatic rings. The molecule has 0 saturated heterocycles. The second kappa shape index (κ2) is 5.30. The van der Waals surface area contributed by atoms with Crippen LogP contribution in [0.4, 0.5) is 11.5 Å². The number of nitrogens with zero attached hydrogens (tertiary/aromatic N) is 4. The van der Waals surface area contributed by atoms with Gasteiger partial charge in [0.05, 0.1) is 11.4 Å². The van der Waals surface area contributed by atoms with Crippen LogP contribution in [0.25, 0.3) is 5.65 Å². The molecular weight excluding hydrogens is 284 g/mol. The number of fused-ring (bicyclic) bond motifs is 1. The zero-order valence-corrected chi connectivity index (χ0v) is 12.9. The second-order valence-corrected chi connectivity index (χ2v) is 5.49. The first kappa shape index (κ1) is 13.8. The van der Waals surface area contributed by atoms with Crippen LogP contribution in [-0.2, 0) is 0 Å². The summed E-state index contributed by atoms with van der Waals surface area (Å²) in [6.45, 7) is 5.93. The minimum Gasteiger partial charge on any atom is -0.283 e. The smallest absolute Gasteiger partial charge is 0.182 e. The number of aromatic nitrogens is 2. The van der Waals surface area contributed by atoms with E-state index in [1.54, 1.807) is 0 Å². The fourth-order valence-electron chi connectivity index (χ4n) is 2.12. The summed E-state index contributed by atoms with van der Waals surface area (Å²) in [6, 6.07) is 9.68. The molecule has 4 nitrogen and oxygen atoms in total. The molecule has 5 heteroatoms. The van der Waals surface area contributed by atoms with E-state index < -0.39 is 0 Å². The number of azo groups is 1. The van der Waals surface area contributed by atoms with Crippen molar-refractivity contribution >= 4 is 28.8 Å². The second-order valence-electron chi connectivity index (χ2n) is 5.09. The van der Waals surface area contributed by atoms with Gasteiger partial charge in [0.25, 0.3) is 0 Å². The van der Waals surface area contributed by atoms with Gasteiger partial charge >= 0.3 is 0 Å². The highest BCUT2D eigenvalue weighted by molar-refractivity contribution is 6.31. The minimum atomic E-state index is 0.692. The highest BCUT2D eigenvalue weighted by atomic mass is 35.5. The van der Waals surface area contributed by atoms with Crippen LogP contribution < -0.4 is 0 Å². The maximum Gasteiger partial charge on any atom is 0.182 e. The molecule has 0 fully saturated rings. The molecular formula is C16H15ClN4. The summed E-state index contributed by atoms with van der Waals surface area (Å²) in [5.41, 5.74) is 4.65. The van der Waals surface area contributed by atoms with Crippen LogP contribution in [0.15, 0.2) is 46.8 Å². The first-order valence-corrected chi connectivity index (χ1v) is 7.05. The van der Waals surface area contributed by atoms with E-state index in [0.717, 1.165) is 28.4 Å². The molecule has 0 amide bonds. The van der Waals surface area contributed by atoms with E-state index in [9.17, 15) is 0 Å². The van der Waals surface area contributed by atoms with Gasteiger partial charge in [0.2, 0.25) is 0 Å². The summed E-state index contributed by atoms with van der Waals surface area (Å²) in [6.07, 6.45) is 1.96. The van der Waals surface area contributed by atoms with E-state index in [1.165, 1.54) is 5.56 Å². The quantitative estimate of drug-likeness (QED) is 0.590. The SMILES string of the molecule is Cc1ccn2c(N=Nc3ccc(C)c(Cl)c3)c(C)nc2c1. The maximum atomic E-state index is 6.10. The average Bonchev–Trinajstić information content (AvgIpc) is 2.75. The highest BCUT2D eigenvalue weighted by Gasteiger charge is 2.07. The highest BCUT2D eigenvalue weighted by Crippen LogP contribution is 2.26. The van der Waals surface area contributed by atoms with E-state index in [0.29, 0.717) is 5.02 Å². The Morgan fingerprint density at radius 3 is 2.62 bits per heavy atom. The van der Waals surface area contributed by atoms with Gasteiger partial charge in [-0.05, 0) is 56.2 Å². The van der Waals surface area contributed by atoms with E-state index >= 15 is 0 Å². The van der Waals surface area contributed by atoms with Gasteiger partial charge in [0.1, 0.15) is 5.65 Å². The van der Waals surface area contributed by atoms with Gasteiger partial charge in [0.15, 0.2) is 5.82 Å². The predicted molar refractivity (Wildman–Crippen MR) is 85.0 cm³/mol. The van der Waals surface area contributed by atoms with Crippen molar-refractivity contribution in [2.45, 2.75) is 20.8 Å². The van der Waals surface area contributed by atoms with Crippen molar-refractivity contribution in [1.82, 2.24) is 9.38 Å². The average molecular weight is 299 g/mol. The summed E-state index contributed by atoms with van der Waals surface area (Å²) in [7, 11) is 0. The fourth-order valence-corrected chi connectivity index (χ4v) is 2.30. The van der Waals surface area contributed by atoms with Crippen molar-refractivity contribution in [2.24, 2.45) is 10.2 Å². The minimum absolute atomic E-state index is 0.692. The van der Waals surface area contributed by atoms with Crippen molar-refractivity contribution in [3.8, 4) is 0 Å². The predicted octanol–water partition coefficient (Wildman–Crippen LogP) is 5.33. The lowest BCUT2D eigenvalue weighted by Crippen LogP contribution is -1.83. The van der Waals surface area contributed by atoms with Crippen molar-refractivity contribution < 1.29 is 0 Å². The lowest BCUT2D eigenvalue weighted by Gasteiger charge is -1.99. The first-order valence-electron chi connectivity index (χ1n) is 6.68. The third-order valence-corrected chi connectivity index (χ3v) is 3.75. The summed E-state index contributed by atoms with van der Waals surface area (Å²) >= 11 is 6.10. The number of imidazole rings is 1. The van der Waals surface area contributed by atoms with Crippen molar-refractivity contribution in [3.63, 3.8) is 0 Å². The third-order valence-electron chi connectivity index (χ3n) is 3.34. The molecule has 1 aromatic carbocycles. The Kier molecular flexibility index (Phi) is 3.47. The molecule has 0 aliphatic carbocycles.